The molecule has 15 heteroatoms. The van der Waals surface area contributed by atoms with Gasteiger partial charge in [-0.05, 0) is 70.6 Å². The molecule has 7 amide bonds. The maximum atomic E-state index is 13.0. The zero-order valence-electron chi connectivity index (χ0n) is 31.0. The second kappa shape index (κ2) is 18.4. The van der Waals surface area contributed by atoms with Gasteiger partial charge in [0, 0.05) is 25.1 Å². The van der Waals surface area contributed by atoms with E-state index in [-0.39, 0.29) is 54.5 Å². The smallest absolute Gasteiger partial charge is 0.311 e. The second-order valence-corrected chi connectivity index (χ2v) is 15.1. The van der Waals surface area contributed by atoms with Gasteiger partial charge in [-0.1, -0.05) is 39.3 Å². The number of nitrogens with one attached hydrogen (secondary N) is 4. The van der Waals surface area contributed by atoms with Gasteiger partial charge in [-0.15, -0.1) is 0 Å². The van der Waals surface area contributed by atoms with Crippen LogP contribution in [0.5, 0.6) is 0 Å². The number of ether oxygens (including phenoxy) is 1. The Morgan fingerprint density at radius 1 is 0.843 bits per heavy atom. The number of hydrogen-bond donors (Lipinski definition) is 5. The Kier molecular flexibility index (Phi) is 15.3. The molecule has 0 radical (unpaired) electrons. The van der Waals surface area contributed by atoms with Gasteiger partial charge in [0.05, 0.1) is 17.8 Å². The van der Waals surface area contributed by atoms with E-state index in [1.807, 2.05) is 20.8 Å². The first kappa shape index (κ1) is 42.3. The molecule has 1 fully saturated rings. The number of carbonyl (C=O) groups excluding carboxylic acids is 8. The van der Waals surface area contributed by atoms with Gasteiger partial charge in [-0.25, -0.2) is 0 Å². The highest BCUT2D eigenvalue weighted by atomic mass is 16.5. The number of benzene rings is 1. The van der Waals surface area contributed by atoms with Crippen LogP contribution in [0.1, 0.15) is 99.5 Å². The number of primary amides is 1. The highest BCUT2D eigenvalue weighted by Crippen LogP contribution is 2.35. The van der Waals surface area contributed by atoms with Crippen molar-refractivity contribution in [2.75, 3.05) is 11.9 Å². The third kappa shape index (κ3) is 13.8. The molecule has 282 valence electrons. The highest BCUT2D eigenvalue weighted by Gasteiger charge is 2.44. The lowest BCUT2D eigenvalue weighted by molar-refractivity contribution is -0.154. The van der Waals surface area contributed by atoms with E-state index in [0.29, 0.717) is 37.1 Å². The average Bonchev–Trinajstić information content (AvgIpc) is 3.32. The van der Waals surface area contributed by atoms with Crippen LogP contribution in [-0.4, -0.2) is 76.9 Å². The molecule has 51 heavy (non-hydrogen) atoms. The van der Waals surface area contributed by atoms with Crippen LogP contribution in [-0.2, 0) is 49.7 Å². The second-order valence-electron chi connectivity index (χ2n) is 15.1. The summed E-state index contributed by atoms with van der Waals surface area (Å²) in [5.74, 6) is -4.37. The Balaban J connectivity index is 1.79. The lowest BCUT2D eigenvalue weighted by atomic mass is 9.80. The summed E-state index contributed by atoms with van der Waals surface area (Å²) in [6.07, 6.45) is 1.47. The van der Waals surface area contributed by atoms with Crippen LogP contribution in [0.15, 0.2) is 24.3 Å². The highest BCUT2D eigenvalue weighted by molar-refractivity contribution is 6.04. The van der Waals surface area contributed by atoms with E-state index < -0.39 is 53.6 Å². The Labute approximate surface area is 299 Å². The van der Waals surface area contributed by atoms with Crippen molar-refractivity contribution in [3.63, 3.8) is 0 Å². The number of rotatable bonds is 17. The third-order valence-corrected chi connectivity index (χ3v) is 8.34. The standard InChI is InChI=1S/C36H54N6O9/c1-21(38-28(44)12-10-9-11-17-42-29(45)18-25(33(42)49)35(3,4)5)30(46)39-22(2)31(47)41-26(19-27(37)43)32(48)40-24-15-13-23(14-16-24)20-51-34(50)36(6,7)8/h13-16,21-22,25-26H,9-12,17-20H2,1-8H3,(H2,37,43)(H,38,44)(H,39,46)(H,40,48)(H,41,47)/t21-,22-,25?,26-/m0/s1. The maximum Gasteiger partial charge on any atom is 0.311 e. The van der Waals surface area contributed by atoms with Gasteiger partial charge in [0.2, 0.25) is 41.4 Å². The first-order valence-electron chi connectivity index (χ1n) is 17.2. The first-order chi connectivity index (χ1) is 23.6. The van der Waals surface area contributed by atoms with E-state index in [9.17, 15) is 38.4 Å². The summed E-state index contributed by atoms with van der Waals surface area (Å²) in [6.45, 7) is 14.2. The lowest BCUT2D eigenvalue weighted by Crippen LogP contribution is -2.55. The van der Waals surface area contributed by atoms with E-state index in [1.165, 1.54) is 18.7 Å². The molecule has 6 N–H and O–H groups in total. The van der Waals surface area contributed by atoms with Crippen LogP contribution in [0.2, 0.25) is 0 Å². The molecule has 1 aliphatic rings. The number of imide groups is 1. The maximum absolute atomic E-state index is 13.0. The summed E-state index contributed by atoms with van der Waals surface area (Å²) in [5, 5.41) is 10.1. The summed E-state index contributed by atoms with van der Waals surface area (Å²) in [7, 11) is 0. The predicted octanol–water partition coefficient (Wildman–Crippen LogP) is 2.07. The molecule has 4 atom stereocenters. The zero-order valence-corrected chi connectivity index (χ0v) is 31.0. The topological polar surface area (TPSA) is 223 Å². The van der Waals surface area contributed by atoms with Crippen molar-refractivity contribution in [2.45, 2.75) is 119 Å². The van der Waals surface area contributed by atoms with Crippen LogP contribution in [0.4, 0.5) is 5.69 Å². The normalized spacial score (nSPS) is 16.5. The van der Waals surface area contributed by atoms with Crippen LogP contribution >= 0.6 is 0 Å². The SMILES string of the molecule is C[C@H](NC(=O)CCCCCN1C(=O)CC(C(C)(C)C)C1=O)C(=O)N[C@@H](C)C(=O)N[C@@H](CC(N)=O)C(=O)Nc1ccc(COC(=O)C(C)(C)C)cc1. The van der Waals surface area contributed by atoms with E-state index in [2.05, 4.69) is 21.3 Å². The van der Waals surface area contributed by atoms with Crippen LogP contribution in [0.25, 0.3) is 0 Å². The minimum Gasteiger partial charge on any atom is -0.460 e. The molecule has 0 saturated carbocycles. The van der Waals surface area contributed by atoms with E-state index in [4.69, 9.17) is 10.5 Å². The van der Waals surface area contributed by atoms with Gasteiger partial charge in [-0.2, -0.15) is 0 Å². The molecule has 1 heterocycles. The molecule has 0 aromatic heterocycles. The number of anilines is 1. The quantitative estimate of drug-likeness (QED) is 0.0904. The summed E-state index contributed by atoms with van der Waals surface area (Å²) in [5.41, 5.74) is 5.40. The molecular formula is C36H54N6O9. The molecule has 0 aliphatic carbocycles. The Hall–Kier alpha value is -4.82. The van der Waals surface area contributed by atoms with Gasteiger partial charge in [0.25, 0.3) is 0 Å². The fraction of sp³-hybridized carbons (Fsp3) is 0.611. The summed E-state index contributed by atoms with van der Waals surface area (Å²) in [6, 6.07) is 2.97. The fourth-order valence-electron chi connectivity index (χ4n) is 5.10. The van der Waals surface area contributed by atoms with Crippen molar-refractivity contribution in [3.8, 4) is 0 Å². The number of likely N-dealkylation sites (tertiary alicyclic amines) is 1. The van der Waals surface area contributed by atoms with Crippen molar-refractivity contribution in [1.82, 2.24) is 20.9 Å². The van der Waals surface area contributed by atoms with E-state index in [0.717, 1.165) is 0 Å². The van der Waals surface area contributed by atoms with Gasteiger partial charge in [0.1, 0.15) is 24.7 Å². The predicted molar refractivity (Wildman–Crippen MR) is 188 cm³/mol. The Morgan fingerprint density at radius 2 is 1.43 bits per heavy atom. The largest absolute Gasteiger partial charge is 0.460 e. The molecule has 1 aromatic rings. The minimum absolute atomic E-state index is 0.0438. The molecule has 0 spiro atoms. The van der Waals surface area contributed by atoms with Gasteiger partial charge >= 0.3 is 5.97 Å². The van der Waals surface area contributed by atoms with Gasteiger partial charge in [0.15, 0.2) is 0 Å². The number of nitrogens with zero attached hydrogens (tertiary/aromatic N) is 1. The Morgan fingerprint density at radius 3 is 1.98 bits per heavy atom. The summed E-state index contributed by atoms with van der Waals surface area (Å²) in [4.78, 5) is 101. The van der Waals surface area contributed by atoms with Crippen molar-refractivity contribution in [2.24, 2.45) is 22.5 Å². The average molecular weight is 715 g/mol. The van der Waals surface area contributed by atoms with E-state index in [1.54, 1.807) is 45.0 Å². The van der Waals surface area contributed by atoms with Crippen molar-refractivity contribution < 1.29 is 43.1 Å². The van der Waals surface area contributed by atoms with Crippen LogP contribution in [0, 0.1) is 16.7 Å². The Bertz CT molecular complexity index is 1460. The number of unbranched alkanes of at least 4 members (excludes halogenated alkanes) is 2. The van der Waals surface area contributed by atoms with Gasteiger partial charge < -0.3 is 31.7 Å². The fourth-order valence-corrected chi connectivity index (χ4v) is 5.10. The summed E-state index contributed by atoms with van der Waals surface area (Å²) >= 11 is 0. The van der Waals surface area contributed by atoms with Crippen molar-refractivity contribution in [1.29, 1.82) is 0 Å². The van der Waals surface area contributed by atoms with E-state index >= 15 is 0 Å². The minimum atomic E-state index is -1.35. The number of amides is 7. The van der Waals surface area contributed by atoms with Crippen molar-refractivity contribution in [3.05, 3.63) is 29.8 Å². The number of carbonyl (C=O) groups is 8. The number of esters is 1. The molecular weight excluding hydrogens is 660 g/mol. The van der Waals surface area contributed by atoms with Crippen LogP contribution in [0.3, 0.4) is 0 Å². The molecule has 1 unspecified atom stereocenters. The summed E-state index contributed by atoms with van der Waals surface area (Å²) < 4.78 is 5.28. The molecule has 1 saturated heterocycles. The molecule has 0 bridgehead atoms. The third-order valence-electron chi connectivity index (χ3n) is 8.34. The molecule has 1 aromatic carbocycles. The number of nitrogens with two attached hydrogens (primary N) is 1. The lowest BCUT2D eigenvalue weighted by Gasteiger charge is -2.24. The monoisotopic (exact) mass is 714 g/mol. The number of hydrogen-bond acceptors (Lipinski definition) is 9. The first-order valence-corrected chi connectivity index (χ1v) is 17.2. The zero-order chi connectivity index (χ0) is 38.7. The molecule has 2 rings (SSSR count). The molecule has 1 aliphatic heterocycles. The van der Waals surface area contributed by atoms with Crippen molar-refractivity contribution >= 4 is 53.0 Å². The van der Waals surface area contributed by atoms with Crippen LogP contribution < -0.4 is 27.0 Å². The molecule has 15 nitrogen and oxygen atoms in total. The van der Waals surface area contributed by atoms with Gasteiger partial charge in [-0.3, -0.25) is 43.3 Å².